The van der Waals surface area contributed by atoms with E-state index >= 15 is 0 Å². The van der Waals surface area contributed by atoms with Crippen molar-refractivity contribution < 1.29 is 13.6 Å². The van der Waals surface area contributed by atoms with Gasteiger partial charge in [0.25, 0.3) is 5.91 Å². The third-order valence-corrected chi connectivity index (χ3v) is 7.40. The lowest BCUT2D eigenvalue weighted by molar-refractivity contribution is -0.0310. The quantitative estimate of drug-likeness (QED) is 0.705. The first kappa shape index (κ1) is 21.9. The third kappa shape index (κ3) is 4.65. The van der Waals surface area contributed by atoms with Crippen molar-refractivity contribution in [1.82, 2.24) is 9.97 Å². The Kier molecular flexibility index (Phi) is 6.13. The number of amides is 1. The Morgan fingerprint density at radius 2 is 1.90 bits per heavy atom. The zero-order valence-electron chi connectivity index (χ0n) is 18.0. The SMILES string of the molecule is C[C@@H]1CCC(c2cc(=O)c3c(C(N)=O)nccc3[nH]2)[C@@H](C2CCCC(F)(F)CCC2)C1. The molecule has 2 aliphatic carbocycles. The molecule has 2 heterocycles. The van der Waals surface area contributed by atoms with Crippen molar-refractivity contribution in [2.24, 2.45) is 23.5 Å². The molecule has 0 bridgehead atoms. The van der Waals surface area contributed by atoms with Gasteiger partial charge in [0.15, 0.2) is 5.43 Å². The lowest BCUT2D eigenvalue weighted by Gasteiger charge is -2.41. The molecule has 31 heavy (non-hydrogen) atoms. The molecule has 4 rings (SSSR count). The zero-order valence-corrected chi connectivity index (χ0v) is 18.0. The van der Waals surface area contributed by atoms with Crippen molar-refractivity contribution in [3.63, 3.8) is 0 Å². The summed E-state index contributed by atoms with van der Waals surface area (Å²) < 4.78 is 27.6. The van der Waals surface area contributed by atoms with Crippen LogP contribution < -0.4 is 11.2 Å². The predicted octanol–water partition coefficient (Wildman–Crippen LogP) is 5.15. The number of pyridine rings is 2. The van der Waals surface area contributed by atoms with Crippen LogP contribution in [0.15, 0.2) is 23.1 Å². The molecule has 2 aliphatic rings. The highest BCUT2D eigenvalue weighted by Crippen LogP contribution is 2.47. The summed E-state index contributed by atoms with van der Waals surface area (Å²) in [6.45, 7) is 2.26. The second kappa shape index (κ2) is 8.67. The van der Waals surface area contributed by atoms with Crippen LogP contribution in [0.5, 0.6) is 0 Å². The Balaban J connectivity index is 1.67. The van der Waals surface area contributed by atoms with Gasteiger partial charge in [-0.1, -0.05) is 13.3 Å². The van der Waals surface area contributed by atoms with E-state index in [1.807, 2.05) is 0 Å². The van der Waals surface area contributed by atoms with Gasteiger partial charge < -0.3 is 10.7 Å². The first-order chi connectivity index (χ1) is 14.7. The third-order valence-electron chi connectivity index (χ3n) is 7.40. The van der Waals surface area contributed by atoms with Crippen molar-refractivity contribution in [2.75, 3.05) is 0 Å². The van der Waals surface area contributed by atoms with Gasteiger partial charge >= 0.3 is 0 Å². The minimum absolute atomic E-state index is 0.0138. The molecule has 1 amide bonds. The van der Waals surface area contributed by atoms with Crippen molar-refractivity contribution in [3.8, 4) is 0 Å². The predicted molar refractivity (Wildman–Crippen MR) is 116 cm³/mol. The van der Waals surface area contributed by atoms with Crippen LogP contribution in [0.4, 0.5) is 8.78 Å². The Labute approximate surface area is 180 Å². The lowest BCUT2D eigenvalue weighted by atomic mass is 9.65. The van der Waals surface area contributed by atoms with Crippen LogP contribution in [0.1, 0.15) is 86.8 Å². The van der Waals surface area contributed by atoms with Gasteiger partial charge in [-0.15, -0.1) is 0 Å². The van der Waals surface area contributed by atoms with Crippen LogP contribution >= 0.6 is 0 Å². The molecule has 168 valence electrons. The molecule has 3 atom stereocenters. The van der Waals surface area contributed by atoms with Crippen LogP contribution in [0.3, 0.4) is 0 Å². The van der Waals surface area contributed by atoms with E-state index in [9.17, 15) is 18.4 Å². The van der Waals surface area contributed by atoms with E-state index < -0.39 is 11.8 Å². The number of H-pyrrole nitrogens is 1. The van der Waals surface area contributed by atoms with E-state index in [1.165, 1.54) is 6.20 Å². The molecule has 2 fully saturated rings. The molecule has 0 aliphatic heterocycles. The number of hydrogen-bond acceptors (Lipinski definition) is 3. The largest absolute Gasteiger partial charge is 0.364 e. The summed E-state index contributed by atoms with van der Waals surface area (Å²) >= 11 is 0. The minimum atomic E-state index is -2.53. The van der Waals surface area contributed by atoms with E-state index in [1.54, 1.807) is 12.1 Å². The zero-order chi connectivity index (χ0) is 22.2. The lowest BCUT2D eigenvalue weighted by Crippen LogP contribution is -2.31. The molecule has 2 aromatic rings. The molecule has 2 aromatic heterocycles. The van der Waals surface area contributed by atoms with Gasteiger partial charge in [-0.3, -0.25) is 14.6 Å². The molecular weight excluding hydrogens is 400 g/mol. The molecule has 0 spiro atoms. The number of rotatable bonds is 3. The maximum absolute atomic E-state index is 13.8. The first-order valence-electron chi connectivity index (χ1n) is 11.4. The van der Waals surface area contributed by atoms with E-state index in [0.717, 1.165) is 37.8 Å². The summed E-state index contributed by atoms with van der Waals surface area (Å²) in [6.07, 6.45) is 7.27. The summed E-state index contributed by atoms with van der Waals surface area (Å²) in [7, 11) is 0. The van der Waals surface area contributed by atoms with Crippen LogP contribution in [-0.4, -0.2) is 21.8 Å². The normalized spacial score (nSPS) is 27.5. The van der Waals surface area contributed by atoms with Crippen molar-refractivity contribution in [2.45, 2.75) is 76.6 Å². The minimum Gasteiger partial charge on any atom is -0.364 e. The first-order valence-corrected chi connectivity index (χ1v) is 11.4. The molecule has 2 saturated carbocycles. The molecule has 3 N–H and O–H groups in total. The maximum Gasteiger partial charge on any atom is 0.268 e. The summed E-state index contributed by atoms with van der Waals surface area (Å²) in [5.41, 5.74) is 6.59. The van der Waals surface area contributed by atoms with Crippen molar-refractivity contribution in [3.05, 3.63) is 39.9 Å². The van der Waals surface area contributed by atoms with Gasteiger partial charge in [-0.05, 0) is 62.3 Å². The summed E-state index contributed by atoms with van der Waals surface area (Å²) in [6, 6.07) is 3.30. The van der Waals surface area contributed by atoms with E-state index in [4.69, 9.17) is 5.73 Å². The Hall–Kier alpha value is -2.31. The standard InChI is InChI=1S/C24H31F2N3O2/c1-14-6-7-16(17(12-14)15-4-2-9-24(25,26)10-3-5-15)19-13-20(30)21-18(29-19)8-11-28-22(21)23(27)31/h8,11,13-17H,2-7,9-10,12H2,1H3,(H2,27,31)(H,29,30)/t14-,16?,17-/m1/s1. The average Bonchev–Trinajstić information content (AvgIpc) is 2.70. The molecule has 0 radical (unpaired) electrons. The van der Waals surface area contributed by atoms with Gasteiger partial charge in [-0.2, -0.15) is 0 Å². The van der Waals surface area contributed by atoms with Gasteiger partial charge in [0.05, 0.1) is 10.9 Å². The number of carbonyl (C=O) groups excluding carboxylic acids is 1. The number of halogens is 2. The molecule has 0 aromatic carbocycles. The smallest absolute Gasteiger partial charge is 0.268 e. The molecule has 0 saturated heterocycles. The number of aromatic nitrogens is 2. The number of fused-ring (bicyclic) bond motifs is 1. The fraction of sp³-hybridized carbons (Fsp3) is 0.625. The summed E-state index contributed by atoms with van der Waals surface area (Å²) in [5.74, 6) is -1.73. The Bertz CT molecular complexity index is 1010. The Morgan fingerprint density at radius 3 is 2.58 bits per heavy atom. The molecule has 1 unspecified atom stereocenters. The number of aromatic amines is 1. The topological polar surface area (TPSA) is 88.8 Å². The number of hydrogen-bond donors (Lipinski definition) is 2. The Morgan fingerprint density at radius 1 is 1.19 bits per heavy atom. The number of nitrogens with two attached hydrogens (primary N) is 1. The second-order valence-corrected chi connectivity index (χ2v) is 9.62. The van der Waals surface area contributed by atoms with Gasteiger partial charge in [-0.25, -0.2) is 8.78 Å². The van der Waals surface area contributed by atoms with Crippen LogP contribution in [0.25, 0.3) is 10.9 Å². The number of nitrogens with one attached hydrogen (secondary N) is 1. The number of nitrogens with zero attached hydrogens (tertiary/aromatic N) is 1. The fourth-order valence-electron chi connectivity index (χ4n) is 5.88. The highest BCUT2D eigenvalue weighted by Gasteiger charge is 2.38. The van der Waals surface area contributed by atoms with Gasteiger partial charge in [0.1, 0.15) is 5.69 Å². The number of alkyl halides is 2. The highest BCUT2D eigenvalue weighted by molar-refractivity contribution is 6.03. The van der Waals surface area contributed by atoms with Gasteiger partial charge in [0, 0.05) is 36.7 Å². The van der Waals surface area contributed by atoms with Crippen LogP contribution in [-0.2, 0) is 0 Å². The summed E-state index contributed by atoms with van der Waals surface area (Å²) in [5, 5.41) is 0.229. The van der Waals surface area contributed by atoms with E-state index in [0.29, 0.717) is 36.1 Å². The highest BCUT2D eigenvalue weighted by atomic mass is 19.3. The van der Waals surface area contributed by atoms with E-state index in [2.05, 4.69) is 16.9 Å². The maximum atomic E-state index is 13.8. The number of carbonyl (C=O) groups is 1. The van der Waals surface area contributed by atoms with Gasteiger partial charge in [0.2, 0.25) is 5.92 Å². The molecule has 7 heteroatoms. The van der Waals surface area contributed by atoms with Crippen LogP contribution in [0, 0.1) is 17.8 Å². The fourth-order valence-corrected chi connectivity index (χ4v) is 5.88. The van der Waals surface area contributed by atoms with Crippen molar-refractivity contribution in [1.29, 1.82) is 0 Å². The molecule has 5 nitrogen and oxygen atoms in total. The number of primary amides is 1. The molecular formula is C24H31F2N3O2. The second-order valence-electron chi connectivity index (χ2n) is 9.62. The van der Waals surface area contributed by atoms with Crippen LogP contribution in [0.2, 0.25) is 0 Å². The van der Waals surface area contributed by atoms with Crippen molar-refractivity contribution >= 4 is 16.8 Å². The monoisotopic (exact) mass is 431 g/mol. The van der Waals surface area contributed by atoms with E-state index in [-0.39, 0.29) is 35.3 Å². The average molecular weight is 432 g/mol. The summed E-state index contributed by atoms with van der Waals surface area (Å²) in [4.78, 5) is 32.0.